The third-order valence-electron chi connectivity index (χ3n) is 4.80. The van der Waals surface area contributed by atoms with Crippen molar-refractivity contribution in [2.45, 2.75) is 23.7 Å². The number of carbonyl (C=O) groups excluding carboxylic acids is 1. The second-order valence-electron chi connectivity index (χ2n) is 6.33. The lowest BCUT2D eigenvalue weighted by Crippen LogP contribution is -2.38. The standard InChI is InChI=1S/C19H21ClN2O3S/c1-21-26(24,25)16-7-8-18(20)17(13-16)19(23)22-11-9-15(10-12-22)14-5-3-2-4-6-14/h2-8,13,15,21H,9-12H2,1H3. The maximum absolute atomic E-state index is 12.9. The first kappa shape index (κ1) is 18.9. The van der Waals surface area contributed by atoms with E-state index in [0.717, 1.165) is 12.8 Å². The Balaban J connectivity index is 1.76. The molecule has 0 unspecified atom stereocenters. The van der Waals surface area contributed by atoms with Gasteiger partial charge in [0.25, 0.3) is 5.91 Å². The van der Waals surface area contributed by atoms with Crippen LogP contribution in [-0.4, -0.2) is 39.4 Å². The Labute approximate surface area is 159 Å². The summed E-state index contributed by atoms with van der Waals surface area (Å²) in [5, 5.41) is 0.259. The van der Waals surface area contributed by atoms with Gasteiger partial charge in [-0.15, -0.1) is 0 Å². The number of likely N-dealkylation sites (tertiary alicyclic amines) is 1. The van der Waals surface area contributed by atoms with Gasteiger partial charge in [-0.1, -0.05) is 41.9 Å². The molecule has 2 aromatic carbocycles. The lowest BCUT2D eigenvalue weighted by molar-refractivity contribution is 0.0713. The summed E-state index contributed by atoms with van der Waals surface area (Å²) in [6.45, 7) is 1.25. The van der Waals surface area contributed by atoms with E-state index in [1.54, 1.807) is 4.90 Å². The van der Waals surface area contributed by atoms with Gasteiger partial charge in [0, 0.05) is 13.1 Å². The number of nitrogens with one attached hydrogen (secondary N) is 1. The quantitative estimate of drug-likeness (QED) is 0.868. The third-order valence-corrected chi connectivity index (χ3v) is 6.54. The molecule has 3 rings (SSSR count). The van der Waals surface area contributed by atoms with Crippen LogP contribution in [0.5, 0.6) is 0 Å². The van der Waals surface area contributed by atoms with Crippen LogP contribution in [0.1, 0.15) is 34.7 Å². The van der Waals surface area contributed by atoms with Gasteiger partial charge in [-0.3, -0.25) is 4.79 Å². The summed E-state index contributed by atoms with van der Waals surface area (Å²) in [7, 11) is -2.29. The molecule has 1 heterocycles. The maximum atomic E-state index is 12.9. The zero-order valence-corrected chi connectivity index (χ0v) is 16.1. The summed E-state index contributed by atoms with van der Waals surface area (Å²) in [5.74, 6) is 0.210. The molecule has 0 aromatic heterocycles. The van der Waals surface area contributed by atoms with E-state index in [1.165, 1.54) is 30.8 Å². The van der Waals surface area contributed by atoms with E-state index in [1.807, 2.05) is 18.2 Å². The zero-order valence-electron chi connectivity index (χ0n) is 14.5. The number of halogens is 1. The van der Waals surface area contributed by atoms with Gasteiger partial charge in [0.15, 0.2) is 0 Å². The predicted molar refractivity (Wildman–Crippen MR) is 102 cm³/mol. The average molecular weight is 393 g/mol. The fourth-order valence-corrected chi connectivity index (χ4v) is 4.22. The van der Waals surface area contributed by atoms with Crippen molar-refractivity contribution in [3.8, 4) is 0 Å². The van der Waals surface area contributed by atoms with Crippen molar-refractivity contribution in [1.29, 1.82) is 0 Å². The van der Waals surface area contributed by atoms with Gasteiger partial charge in [0.05, 0.1) is 15.5 Å². The second kappa shape index (κ2) is 7.78. The van der Waals surface area contributed by atoms with Crippen LogP contribution < -0.4 is 4.72 Å². The van der Waals surface area contributed by atoms with Crippen LogP contribution in [0, 0.1) is 0 Å². The van der Waals surface area contributed by atoms with Gasteiger partial charge in [-0.2, -0.15) is 0 Å². The van der Waals surface area contributed by atoms with Crippen LogP contribution in [0.2, 0.25) is 5.02 Å². The van der Waals surface area contributed by atoms with Crippen molar-refractivity contribution in [2.75, 3.05) is 20.1 Å². The number of hydrogen-bond donors (Lipinski definition) is 1. The van der Waals surface area contributed by atoms with E-state index in [0.29, 0.717) is 19.0 Å². The molecule has 7 heteroatoms. The Morgan fingerprint density at radius 2 is 1.77 bits per heavy atom. The minimum Gasteiger partial charge on any atom is -0.339 e. The highest BCUT2D eigenvalue weighted by molar-refractivity contribution is 7.89. The molecule has 1 N–H and O–H groups in total. The molecular weight excluding hydrogens is 372 g/mol. The molecule has 1 amide bonds. The first-order valence-electron chi connectivity index (χ1n) is 8.49. The van der Waals surface area contributed by atoms with Crippen LogP contribution in [0.25, 0.3) is 0 Å². The normalized spacial score (nSPS) is 15.8. The smallest absolute Gasteiger partial charge is 0.255 e. The minimum atomic E-state index is -3.63. The molecule has 0 aliphatic carbocycles. The van der Waals surface area contributed by atoms with Crippen LogP contribution in [0.3, 0.4) is 0 Å². The molecule has 1 fully saturated rings. The lowest BCUT2D eigenvalue weighted by atomic mass is 9.89. The largest absolute Gasteiger partial charge is 0.339 e. The monoisotopic (exact) mass is 392 g/mol. The van der Waals surface area contributed by atoms with E-state index in [9.17, 15) is 13.2 Å². The van der Waals surface area contributed by atoms with E-state index < -0.39 is 10.0 Å². The maximum Gasteiger partial charge on any atom is 0.255 e. The zero-order chi connectivity index (χ0) is 18.7. The Morgan fingerprint density at radius 3 is 2.38 bits per heavy atom. The summed E-state index contributed by atoms with van der Waals surface area (Å²) in [6, 6.07) is 14.5. The molecule has 2 aromatic rings. The number of sulfonamides is 1. The predicted octanol–water partition coefficient (Wildman–Crippen LogP) is 3.27. The number of carbonyl (C=O) groups is 1. The van der Waals surface area contributed by atoms with Crippen LogP contribution >= 0.6 is 11.6 Å². The van der Waals surface area contributed by atoms with E-state index in [-0.39, 0.29) is 21.4 Å². The number of piperidine rings is 1. The third kappa shape index (κ3) is 3.92. The van der Waals surface area contributed by atoms with E-state index >= 15 is 0 Å². The van der Waals surface area contributed by atoms with Crippen molar-refractivity contribution >= 4 is 27.5 Å². The van der Waals surface area contributed by atoms with E-state index in [4.69, 9.17) is 11.6 Å². The number of amides is 1. The van der Waals surface area contributed by atoms with Crippen LogP contribution in [-0.2, 0) is 10.0 Å². The van der Waals surface area contributed by atoms with Gasteiger partial charge in [0.1, 0.15) is 0 Å². The van der Waals surface area contributed by atoms with Gasteiger partial charge >= 0.3 is 0 Å². The highest BCUT2D eigenvalue weighted by Crippen LogP contribution is 2.29. The summed E-state index contributed by atoms with van der Waals surface area (Å²) >= 11 is 6.17. The highest BCUT2D eigenvalue weighted by atomic mass is 35.5. The molecule has 0 bridgehead atoms. The second-order valence-corrected chi connectivity index (χ2v) is 8.62. The summed E-state index contributed by atoms with van der Waals surface area (Å²) in [6.07, 6.45) is 1.75. The SMILES string of the molecule is CNS(=O)(=O)c1ccc(Cl)c(C(=O)N2CCC(c3ccccc3)CC2)c1. The highest BCUT2D eigenvalue weighted by Gasteiger charge is 2.26. The first-order chi connectivity index (χ1) is 12.4. The fraction of sp³-hybridized carbons (Fsp3) is 0.316. The number of nitrogens with zero attached hydrogens (tertiary/aromatic N) is 1. The Kier molecular flexibility index (Phi) is 5.65. The van der Waals surface area contributed by atoms with Crippen molar-refractivity contribution in [2.24, 2.45) is 0 Å². The minimum absolute atomic E-state index is 0.0342. The van der Waals surface area contributed by atoms with Gasteiger partial charge in [0.2, 0.25) is 10.0 Å². The molecule has 1 aliphatic rings. The van der Waals surface area contributed by atoms with E-state index in [2.05, 4.69) is 16.9 Å². The topological polar surface area (TPSA) is 66.5 Å². The molecule has 0 spiro atoms. The Hall–Kier alpha value is -1.89. The molecular formula is C19H21ClN2O3S. The number of rotatable bonds is 4. The molecule has 5 nitrogen and oxygen atoms in total. The lowest BCUT2D eigenvalue weighted by Gasteiger charge is -2.32. The van der Waals surface area contributed by atoms with Crippen molar-refractivity contribution in [3.63, 3.8) is 0 Å². The Bertz CT molecular complexity index is 892. The molecule has 1 aliphatic heterocycles. The van der Waals surface area contributed by atoms with Crippen LogP contribution in [0.4, 0.5) is 0 Å². The van der Waals surface area contributed by atoms with Crippen LogP contribution in [0.15, 0.2) is 53.4 Å². The molecule has 138 valence electrons. The van der Waals surface area contributed by atoms with Crippen molar-refractivity contribution in [1.82, 2.24) is 9.62 Å². The number of hydrogen-bond acceptors (Lipinski definition) is 3. The molecule has 0 saturated carbocycles. The fourth-order valence-electron chi connectivity index (χ4n) is 3.26. The molecule has 26 heavy (non-hydrogen) atoms. The van der Waals surface area contributed by atoms with Crippen molar-refractivity contribution in [3.05, 3.63) is 64.7 Å². The summed E-state index contributed by atoms with van der Waals surface area (Å²) < 4.78 is 26.2. The van der Waals surface area contributed by atoms with Gasteiger partial charge in [-0.25, -0.2) is 13.1 Å². The average Bonchev–Trinajstić information content (AvgIpc) is 2.68. The molecule has 0 atom stereocenters. The number of benzene rings is 2. The van der Waals surface area contributed by atoms with Gasteiger partial charge < -0.3 is 4.90 Å². The van der Waals surface area contributed by atoms with Gasteiger partial charge in [-0.05, 0) is 49.6 Å². The first-order valence-corrected chi connectivity index (χ1v) is 10.4. The molecule has 0 radical (unpaired) electrons. The molecule has 1 saturated heterocycles. The summed E-state index contributed by atoms with van der Waals surface area (Å²) in [5.41, 5.74) is 1.51. The van der Waals surface area contributed by atoms with Crippen molar-refractivity contribution < 1.29 is 13.2 Å². The summed E-state index contributed by atoms with van der Waals surface area (Å²) in [4.78, 5) is 14.6. The Morgan fingerprint density at radius 1 is 1.12 bits per heavy atom.